The van der Waals surface area contributed by atoms with Crippen LogP contribution in [0.1, 0.15) is 11.6 Å². The fraction of sp³-hybridized carbons (Fsp3) is 0.0909. The molecule has 0 unspecified atom stereocenters. The second-order valence-corrected chi connectivity index (χ2v) is 2.95. The summed E-state index contributed by atoms with van der Waals surface area (Å²) < 4.78 is 5.34. The zero-order valence-corrected chi connectivity index (χ0v) is 7.23. The molecule has 2 nitrogen and oxygen atoms in total. The maximum Gasteiger partial charge on any atom is 0.134 e. The number of fused-ring (bicyclic) bond motifs is 1. The highest BCUT2D eigenvalue weighted by Gasteiger charge is 2.08. The fourth-order valence-electron chi connectivity index (χ4n) is 1.38. The molecule has 0 amide bonds. The summed E-state index contributed by atoms with van der Waals surface area (Å²) in [5, 5.41) is 1.06. The van der Waals surface area contributed by atoms with Gasteiger partial charge in [-0.3, -0.25) is 0 Å². The van der Waals surface area contributed by atoms with E-state index in [0.29, 0.717) is 0 Å². The van der Waals surface area contributed by atoms with Crippen molar-refractivity contribution in [1.82, 2.24) is 0 Å². The zero-order chi connectivity index (χ0) is 9.26. The third-order valence-electron chi connectivity index (χ3n) is 2.12. The SMILES string of the molecule is C=C[C@H](N)c1coc2ccccc12. The van der Waals surface area contributed by atoms with Gasteiger partial charge in [0.05, 0.1) is 12.3 Å². The van der Waals surface area contributed by atoms with E-state index in [4.69, 9.17) is 10.2 Å². The first-order chi connectivity index (χ1) is 6.33. The number of furan rings is 1. The van der Waals surface area contributed by atoms with E-state index < -0.39 is 0 Å². The van der Waals surface area contributed by atoms with Gasteiger partial charge in [0, 0.05) is 10.9 Å². The van der Waals surface area contributed by atoms with Crippen molar-refractivity contribution in [3.05, 3.63) is 48.7 Å². The molecule has 1 atom stereocenters. The molecule has 1 aromatic heterocycles. The molecular weight excluding hydrogens is 162 g/mol. The Bertz CT molecular complexity index is 430. The van der Waals surface area contributed by atoms with E-state index >= 15 is 0 Å². The molecule has 0 saturated heterocycles. The summed E-state index contributed by atoms with van der Waals surface area (Å²) in [6.07, 6.45) is 3.40. The molecule has 2 N–H and O–H groups in total. The Morgan fingerprint density at radius 1 is 1.38 bits per heavy atom. The molecule has 66 valence electrons. The maximum atomic E-state index is 5.83. The molecule has 0 saturated carbocycles. The van der Waals surface area contributed by atoms with Gasteiger partial charge in [-0.05, 0) is 6.07 Å². The lowest BCUT2D eigenvalue weighted by atomic mass is 10.1. The highest BCUT2D eigenvalue weighted by Crippen LogP contribution is 2.25. The minimum atomic E-state index is -0.149. The second-order valence-electron chi connectivity index (χ2n) is 2.95. The predicted molar refractivity (Wildman–Crippen MR) is 53.3 cm³/mol. The lowest BCUT2D eigenvalue weighted by molar-refractivity contribution is 0.608. The Kier molecular flexibility index (Phi) is 1.91. The van der Waals surface area contributed by atoms with Crippen LogP contribution in [-0.4, -0.2) is 0 Å². The number of hydrogen-bond donors (Lipinski definition) is 1. The van der Waals surface area contributed by atoms with Crippen molar-refractivity contribution in [1.29, 1.82) is 0 Å². The lowest BCUT2D eigenvalue weighted by Gasteiger charge is -2.01. The smallest absolute Gasteiger partial charge is 0.134 e. The molecule has 1 heterocycles. The Balaban J connectivity index is 2.64. The average molecular weight is 173 g/mol. The van der Waals surface area contributed by atoms with Crippen LogP contribution in [-0.2, 0) is 0 Å². The van der Waals surface area contributed by atoms with E-state index in [-0.39, 0.29) is 6.04 Å². The molecule has 0 bridgehead atoms. The van der Waals surface area contributed by atoms with E-state index in [2.05, 4.69) is 6.58 Å². The highest BCUT2D eigenvalue weighted by molar-refractivity contribution is 5.81. The summed E-state index contributed by atoms with van der Waals surface area (Å²) in [5.41, 5.74) is 7.69. The zero-order valence-electron chi connectivity index (χ0n) is 7.23. The van der Waals surface area contributed by atoms with E-state index in [0.717, 1.165) is 16.5 Å². The first-order valence-electron chi connectivity index (χ1n) is 4.17. The van der Waals surface area contributed by atoms with Gasteiger partial charge in [0.15, 0.2) is 0 Å². The van der Waals surface area contributed by atoms with Crippen LogP contribution in [0.25, 0.3) is 11.0 Å². The molecule has 1 aromatic carbocycles. The van der Waals surface area contributed by atoms with Crippen LogP contribution < -0.4 is 5.73 Å². The van der Waals surface area contributed by atoms with E-state index in [1.807, 2.05) is 24.3 Å². The van der Waals surface area contributed by atoms with Gasteiger partial charge in [0.1, 0.15) is 5.58 Å². The molecule has 2 aromatic rings. The second kappa shape index (κ2) is 3.07. The van der Waals surface area contributed by atoms with E-state index in [1.54, 1.807) is 12.3 Å². The predicted octanol–water partition coefficient (Wildman–Crippen LogP) is 2.62. The van der Waals surface area contributed by atoms with Crippen molar-refractivity contribution in [3.63, 3.8) is 0 Å². The van der Waals surface area contributed by atoms with E-state index in [1.165, 1.54) is 0 Å². The van der Waals surface area contributed by atoms with Crippen LogP contribution in [0.2, 0.25) is 0 Å². The van der Waals surface area contributed by atoms with Crippen molar-refractivity contribution in [2.45, 2.75) is 6.04 Å². The Hall–Kier alpha value is -1.54. The van der Waals surface area contributed by atoms with Gasteiger partial charge in [0.25, 0.3) is 0 Å². The van der Waals surface area contributed by atoms with E-state index in [9.17, 15) is 0 Å². The van der Waals surface area contributed by atoms with Crippen LogP contribution in [0, 0.1) is 0 Å². The number of nitrogens with two attached hydrogens (primary N) is 1. The summed E-state index contributed by atoms with van der Waals surface area (Å²) in [6, 6.07) is 7.68. The number of rotatable bonds is 2. The van der Waals surface area contributed by atoms with Crippen molar-refractivity contribution in [2.75, 3.05) is 0 Å². The normalized spacial score (nSPS) is 13.0. The number of para-hydroxylation sites is 1. The quantitative estimate of drug-likeness (QED) is 0.709. The first kappa shape index (κ1) is 8.08. The van der Waals surface area contributed by atoms with Crippen LogP contribution >= 0.6 is 0 Å². The summed E-state index contributed by atoms with van der Waals surface area (Å²) in [7, 11) is 0. The van der Waals surface area contributed by atoms with Crippen molar-refractivity contribution >= 4 is 11.0 Å². The van der Waals surface area contributed by atoms with Gasteiger partial charge in [-0.25, -0.2) is 0 Å². The molecule has 0 fully saturated rings. The van der Waals surface area contributed by atoms with Crippen molar-refractivity contribution < 1.29 is 4.42 Å². The minimum absolute atomic E-state index is 0.149. The first-order valence-corrected chi connectivity index (χ1v) is 4.17. The third-order valence-corrected chi connectivity index (χ3v) is 2.12. The van der Waals surface area contributed by atoms with Gasteiger partial charge in [-0.1, -0.05) is 24.3 Å². The van der Waals surface area contributed by atoms with Crippen molar-refractivity contribution in [3.8, 4) is 0 Å². The molecule has 0 aliphatic heterocycles. The molecule has 0 aliphatic rings. The largest absolute Gasteiger partial charge is 0.464 e. The van der Waals surface area contributed by atoms with Crippen LogP contribution in [0.3, 0.4) is 0 Å². The molecule has 2 heteroatoms. The van der Waals surface area contributed by atoms with Gasteiger partial charge >= 0.3 is 0 Å². The molecule has 2 rings (SSSR count). The molecule has 13 heavy (non-hydrogen) atoms. The Morgan fingerprint density at radius 2 is 2.15 bits per heavy atom. The van der Waals surface area contributed by atoms with Crippen LogP contribution in [0.15, 0.2) is 47.6 Å². The summed E-state index contributed by atoms with van der Waals surface area (Å²) in [6.45, 7) is 3.66. The number of hydrogen-bond acceptors (Lipinski definition) is 2. The van der Waals surface area contributed by atoms with Gasteiger partial charge in [0.2, 0.25) is 0 Å². The monoisotopic (exact) mass is 173 g/mol. The highest BCUT2D eigenvalue weighted by atomic mass is 16.3. The van der Waals surface area contributed by atoms with Crippen molar-refractivity contribution in [2.24, 2.45) is 5.73 Å². The lowest BCUT2D eigenvalue weighted by Crippen LogP contribution is -2.05. The summed E-state index contributed by atoms with van der Waals surface area (Å²) in [5.74, 6) is 0. The minimum Gasteiger partial charge on any atom is -0.464 e. The Morgan fingerprint density at radius 3 is 2.92 bits per heavy atom. The average Bonchev–Trinajstić information content (AvgIpc) is 2.60. The van der Waals surface area contributed by atoms with Crippen LogP contribution in [0.4, 0.5) is 0 Å². The van der Waals surface area contributed by atoms with Gasteiger partial charge in [-0.15, -0.1) is 6.58 Å². The van der Waals surface area contributed by atoms with Gasteiger partial charge < -0.3 is 10.2 Å². The third kappa shape index (κ3) is 1.25. The topological polar surface area (TPSA) is 39.2 Å². The standard InChI is InChI=1S/C11H11NO/c1-2-10(12)9-7-13-11-6-4-3-5-8(9)11/h2-7,10H,1,12H2/t10-/m0/s1. The molecular formula is C11H11NO. The van der Waals surface area contributed by atoms with Gasteiger partial charge in [-0.2, -0.15) is 0 Å². The summed E-state index contributed by atoms with van der Waals surface area (Å²) >= 11 is 0. The van der Waals surface area contributed by atoms with Crippen LogP contribution in [0.5, 0.6) is 0 Å². The summed E-state index contributed by atoms with van der Waals surface area (Å²) in [4.78, 5) is 0. The molecule has 0 aliphatic carbocycles. The molecule has 0 spiro atoms. The maximum absolute atomic E-state index is 5.83. The molecule has 0 radical (unpaired) electrons. The fourth-order valence-corrected chi connectivity index (χ4v) is 1.38. The number of benzene rings is 1. The Labute approximate surface area is 76.7 Å².